The molecule has 2 heterocycles. The largest absolute Gasteiger partial charge is 0.508 e. The third kappa shape index (κ3) is 5.34. The molecule has 1 aliphatic rings. The number of nitrogens with zero attached hydrogens (tertiary/aromatic N) is 1. The highest BCUT2D eigenvalue weighted by atomic mass is 16.5. The van der Waals surface area contributed by atoms with Crippen molar-refractivity contribution >= 4 is 28.8 Å². The summed E-state index contributed by atoms with van der Waals surface area (Å²) in [5, 5.41) is 22.5. The summed E-state index contributed by atoms with van der Waals surface area (Å²) in [7, 11) is 1.52. The number of carbonyl (C=O) groups is 3. The lowest BCUT2D eigenvalue weighted by Crippen LogP contribution is -2.53. The Morgan fingerprint density at radius 1 is 1.13 bits per heavy atom. The van der Waals surface area contributed by atoms with E-state index in [1.54, 1.807) is 38.1 Å². The van der Waals surface area contributed by atoms with Crippen molar-refractivity contribution in [3.8, 4) is 11.5 Å². The SMILES string of the molecule is COc1ccc2c(C)c(CC(=O)NC(Cc3ccc(O)cc3)C(=O)N3CCCC3C(=O)O)c(=O)oc2c1C. The number of carboxylic acid groups (broad SMARTS) is 1. The first-order chi connectivity index (χ1) is 18.1. The molecule has 3 N–H and O–H groups in total. The molecule has 1 fully saturated rings. The van der Waals surface area contributed by atoms with Crippen LogP contribution in [0.25, 0.3) is 11.0 Å². The minimum Gasteiger partial charge on any atom is -0.508 e. The molecule has 1 aromatic heterocycles. The molecular weight excluding hydrogens is 492 g/mol. The van der Waals surface area contributed by atoms with Crippen molar-refractivity contribution < 1.29 is 33.8 Å². The number of likely N-dealkylation sites (tertiary alicyclic amines) is 1. The summed E-state index contributed by atoms with van der Waals surface area (Å²) in [6.45, 7) is 3.78. The van der Waals surface area contributed by atoms with Crippen LogP contribution in [0.2, 0.25) is 0 Å². The number of benzene rings is 2. The van der Waals surface area contributed by atoms with E-state index in [1.165, 1.54) is 24.1 Å². The van der Waals surface area contributed by atoms with Gasteiger partial charge in [-0.25, -0.2) is 9.59 Å². The van der Waals surface area contributed by atoms with E-state index in [9.17, 15) is 29.4 Å². The number of hydrogen-bond acceptors (Lipinski definition) is 7. The second kappa shape index (κ2) is 11.0. The fraction of sp³-hybridized carbons (Fsp3) is 0.357. The molecule has 3 aromatic rings. The van der Waals surface area contributed by atoms with Gasteiger partial charge in [0, 0.05) is 23.9 Å². The van der Waals surface area contributed by atoms with E-state index in [2.05, 4.69) is 5.32 Å². The minimum absolute atomic E-state index is 0.0532. The Morgan fingerprint density at radius 2 is 1.84 bits per heavy atom. The van der Waals surface area contributed by atoms with Crippen LogP contribution in [0.4, 0.5) is 0 Å². The second-order valence-electron chi connectivity index (χ2n) is 9.46. The lowest BCUT2D eigenvalue weighted by molar-refractivity contribution is -0.149. The molecule has 2 atom stereocenters. The monoisotopic (exact) mass is 522 g/mol. The molecule has 10 heteroatoms. The minimum atomic E-state index is -1.10. The summed E-state index contributed by atoms with van der Waals surface area (Å²) in [6, 6.07) is 7.68. The fourth-order valence-corrected chi connectivity index (χ4v) is 4.96. The molecule has 4 rings (SSSR count). The van der Waals surface area contributed by atoms with Crippen LogP contribution in [0.1, 0.15) is 35.1 Å². The van der Waals surface area contributed by atoms with Crippen LogP contribution < -0.4 is 15.7 Å². The first-order valence-electron chi connectivity index (χ1n) is 12.3. The van der Waals surface area contributed by atoms with Gasteiger partial charge in [-0.05, 0) is 62.1 Å². The molecular formula is C28H30N2O8. The first kappa shape index (κ1) is 26.7. The number of aliphatic carboxylic acids is 1. The molecule has 2 amide bonds. The van der Waals surface area contributed by atoms with Gasteiger partial charge in [0.2, 0.25) is 11.8 Å². The molecule has 0 aliphatic carbocycles. The normalized spacial score (nSPS) is 15.9. The summed E-state index contributed by atoms with van der Waals surface area (Å²) in [5.74, 6) is -1.56. The summed E-state index contributed by atoms with van der Waals surface area (Å²) in [4.78, 5) is 52.4. The Morgan fingerprint density at radius 3 is 2.50 bits per heavy atom. The summed E-state index contributed by atoms with van der Waals surface area (Å²) < 4.78 is 10.9. The standard InChI is InChI=1S/C28H30N2O8/c1-15-19-10-11-23(37-3)16(2)25(19)38-28(36)20(15)14-24(32)29-21(13-17-6-8-18(31)9-7-17)26(33)30-12-4-5-22(30)27(34)35/h6-11,21-22,31H,4-5,12-14H2,1-3H3,(H,29,32)(H,34,35). The summed E-state index contributed by atoms with van der Waals surface area (Å²) >= 11 is 0. The van der Waals surface area contributed by atoms with Gasteiger partial charge < -0.3 is 29.6 Å². The van der Waals surface area contributed by atoms with E-state index in [1.807, 2.05) is 0 Å². The lowest BCUT2D eigenvalue weighted by Gasteiger charge is -2.27. The molecule has 0 radical (unpaired) electrons. The highest BCUT2D eigenvalue weighted by Gasteiger charge is 2.37. The van der Waals surface area contributed by atoms with Gasteiger partial charge in [-0.1, -0.05) is 12.1 Å². The number of ether oxygens (including phenoxy) is 1. The number of nitrogens with one attached hydrogen (secondary N) is 1. The molecule has 0 bridgehead atoms. The number of phenols is 1. The third-order valence-electron chi connectivity index (χ3n) is 7.04. The quantitative estimate of drug-likeness (QED) is 0.383. The van der Waals surface area contributed by atoms with E-state index in [0.717, 1.165) is 0 Å². The number of aromatic hydroxyl groups is 1. The van der Waals surface area contributed by atoms with E-state index < -0.39 is 35.5 Å². The van der Waals surface area contributed by atoms with Gasteiger partial charge in [0.25, 0.3) is 0 Å². The van der Waals surface area contributed by atoms with Crippen molar-refractivity contribution in [3.05, 3.63) is 69.1 Å². The molecule has 0 spiro atoms. The number of carboxylic acids is 1. The number of fused-ring (bicyclic) bond motifs is 1. The van der Waals surface area contributed by atoms with Crippen molar-refractivity contribution in [2.75, 3.05) is 13.7 Å². The van der Waals surface area contributed by atoms with Crippen molar-refractivity contribution in [2.45, 2.75) is 51.6 Å². The van der Waals surface area contributed by atoms with E-state index in [4.69, 9.17) is 9.15 Å². The van der Waals surface area contributed by atoms with Crippen molar-refractivity contribution in [2.24, 2.45) is 0 Å². The average molecular weight is 523 g/mol. The molecule has 1 aliphatic heterocycles. The maximum Gasteiger partial charge on any atom is 0.340 e. The Hall–Kier alpha value is -4.34. The number of carbonyl (C=O) groups excluding carboxylic acids is 2. The molecule has 200 valence electrons. The topological polar surface area (TPSA) is 146 Å². The second-order valence-corrected chi connectivity index (χ2v) is 9.46. The van der Waals surface area contributed by atoms with Crippen LogP contribution in [0.3, 0.4) is 0 Å². The van der Waals surface area contributed by atoms with E-state index in [0.29, 0.717) is 46.3 Å². The number of methoxy groups -OCH3 is 1. The maximum absolute atomic E-state index is 13.4. The smallest absolute Gasteiger partial charge is 0.340 e. The van der Waals surface area contributed by atoms with Crippen LogP contribution in [0.5, 0.6) is 11.5 Å². The number of aryl methyl sites for hydroxylation is 2. The predicted molar refractivity (Wildman–Crippen MR) is 138 cm³/mol. The number of amides is 2. The Balaban J connectivity index is 1.61. The first-order valence-corrected chi connectivity index (χ1v) is 12.3. The molecule has 2 unspecified atom stereocenters. The van der Waals surface area contributed by atoms with Crippen molar-refractivity contribution in [1.29, 1.82) is 0 Å². The van der Waals surface area contributed by atoms with Gasteiger partial charge in [-0.2, -0.15) is 0 Å². The van der Waals surface area contributed by atoms with Crippen LogP contribution in [0, 0.1) is 13.8 Å². The maximum atomic E-state index is 13.4. The van der Waals surface area contributed by atoms with Crippen LogP contribution in [-0.4, -0.2) is 58.6 Å². The third-order valence-corrected chi connectivity index (χ3v) is 7.04. The Bertz CT molecular complexity index is 1440. The van der Waals surface area contributed by atoms with E-state index in [-0.39, 0.29) is 30.7 Å². The highest BCUT2D eigenvalue weighted by molar-refractivity contribution is 5.92. The van der Waals surface area contributed by atoms with Gasteiger partial charge in [-0.3, -0.25) is 9.59 Å². The van der Waals surface area contributed by atoms with Crippen LogP contribution in [-0.2, 0) is 27.2 Å². The predicted octanol–water partition coefficient (Wildman–Crippen LogP) is 2.47. The van der Waals surface area contributed by atoms with Gasteiger partial charge in [0.15, 0.2) is 0 Å². The van der Waals surface area contributed by atoms with Gasteiger partial charge in [0.05, 0.1) is 19.1 Å². The Kier molecular flexibility index (Phi) is 7.70. The number of phenolic OH excluding ortho intramolecular Hbond substituents is 1. The highest BCUT2D eigenvalue weighted by Crippen LogP contribution is 2.29. The summed E-state index contributed by atoms with van der Waals surface area (Å²) in [5.41, 5.74) is 1.81. The summed E-state index contributed by atoms with van der Waals surface area (Å²) in [6.07, 6.45) is 0.640. The average Bonchev–Trinajstić information content (AvgIpc) is 3.38. The van der Waals surface area contributed by atoms with Crippen LogP contribution in [0.15, 0.2) is 45.6 Å². The Labute approximate surface area is 218 Å². The van der Waals surface area contributed by atoms with Gasteiger partial charge >= 0.3 is 11.6 Å². The zero-order valence-corrected chi connectivity index (χ0v) is 21.4. The molecule has 10 nitrogen and oxygen atoms in total. The van der Waals surface area contributed by atoms with Crippen molar-refractivity contribution in [3.63, 3.8) is 0 Å². The lowest BCUT2D eigenvalue weighted by atomic mass is 10.00. The molecule has 0 saturated carbocycles. The molecule has 2 aromatic carbocycles. The zero-order chi connectivity index (χ0) is 27.6. The van der Waals surface area contributed by atoms with Gasteiger partial charge in [0.1, 0.15) is 29.2 Å². The zero-order valence-electron chi connectivity index (χ0n) is 21.4. The van der Waals surface area contributed by atoms with Crippen molar-refractivity contribution in [1.82, 2.24) is 10.2 Å². The van der Waals surface area contributed by atoms with Crippen LogP contribution >= 0.6 is 0 Å². The molecule has 1 saturated heterocycles. The number of rotatable bonds is 8. The van der Waals surface area contributed by atoms with E-state index >= 15 is 0 Å². The fourth-order valence-electron chi connectivity index (χ4n) is 4.96. The molecule has 38 heavy (non-hydrogen) atoms. The van der Waals surface area contributed by atoms with Gasteiger partial charge in [-0.15, -0.1) is 0 Å². The number of hydrogen-bond donors (Lipinski definition) is 3.